The first-order valence-electron chi connectivity index (χ1n) is 14.5. The molecule has 2 aliphatic heterocycles. The molecule has 1 saturated heterocycles. The first-order valence-corrected chi connectivity index (χ1v) is 14.9. The number of aromatic nitrogens is 1. The van der Waals surface area contributed by atoms with E-state index in [2.05, 4.69) is 15.5 Å². The van der Waals surface area contributed by atoms with Crippen LogP contribution >= 0.6 is 11.6 Å². The van der Waals surface area contributed by atoms with Gasteiger partial charge >= 0.3 is 0 Å². The number of para-hydroxylation sites is 1. The number of fused-ring (bicyclic) bond motifs is 4. The molecule has 2 amide bonds. The minimum absolute atomic E-state index is 0.00824. The van der Waals surface area contributed by atoms with Gasteiger partial charge in [-0.25, -0.2) is 4.39 Å². The van der Waals surface area contributed by atoms with Crippen molar-refractivity contribution in [2.24, 2.45) is 5.92 Å². The third kappa shape index (κ3) is 6.05. The molecule has 2 atom stereocenters. The second-order valence-corrected chi connectivity index (χ2v) is 11.7. The van der Waals surface area contributed by atoms with Gasteiger partial charge in [-0.15, -0.1) is 0 Å². The number of benzene rings is 3. The van der Waals surface area contributed by atoms with E-state index in [0.29, 0.717) is 36.6 Å². The summed E-state index contributed by atoms with van der Waals surface area (Å²) in [5.74, 6) is -0.290. The quantitative estimate of drug-likeness (QED) is 0.278. The third-order valence-electron chi connectivity index (χ3n) is 8.38. The largest absolute Gasteiger partial charge is 0.496 e. The zero-order valence-corrected chi connectivity index (χ0v) is 24.9. The summed E-state index contributed by atoms with van der Waals surface area (Å²) in [6, 6.07) is 22.3. The van der Waals surface area contributed by atoms with Gasteiger partial charge in [-0.1, -0.05) is 41.9 Å². The molecule has 2 aliphatic rings. The van der Waals surface area contributed by atoms with Crippen molar-refractivity contribution in [1.29, 1.82) is 0 Å². The molecule has 2 N–H and O–H groups in total. The van der Waals surface area contributed by atoms with Crippen LogP contribution in [0.3, 0.4) is 0 Å². The molecule has 226 valence electrons. The number of nitrogens with zero attached hydrogens (tertiary/aromatic N) is 2. The van der Waals surface area contributed by atoms with Gasteiger partial charge in [0.05, 0.1) is 24.9 Å². The van der Waals surface area contributed by atoms with Crippen LogP contribution < -0.4 is 25.8 Å². The average molecular weight is 615 g/mol. The molecule has 8 nitrogen and oxygen atoms in total. The summed E-state index contributed by atoms with van der Waals surface area (Å²) in [5.41, 5.74) is 3.50. The van der Waals surface area contributed by atoms with Crippen LogP contribution in [-0.2, 0) is 24.3 Å². The molecule has 0 radical (unpaired) electrons. The molecule has 2 bridgehead atoms. The Morgan fingerprint density at radius 3 is 2.64 bits per heavy atom. The second-order valence-electron chi connectivity index (χ2n) is 11.3. The molecular formula is C34H32ClFN4O4. The summed E-state index contributed by atoms with van der Waals surface area (Å²) in [6.45, 7) is 2.20. The smallest absolute Gasteiger partial charge is 0.251 e. The van der Waals surface area contributed by atoms with Crippen LogP contribution in [0, 0.1) is 11.7 Å². The Morgan fingerprint density at radius 1 is 1.00 bits per heavy atom. The molecule has 0 spiro atoms. The van der Waals surface area contributed by atoms with Crippen LogP contribution in [-0.4, -0.2) is 36.6 Å². The minimum Gasteiger partial charge on any atom is -0.496 e. The van der Waals surface area contributed by atoms with Crippen LogP contribution in [0.2, 0.25) is 5.02 Å². The fourth-order valence-electron chi connectivity index (χ4n) is 6.33. The van der Waals surface area contributed by atoms with Crippen molar-refractivity contribution in [3.63, 3.8) is 0 Å². The van der Waals surface area contributed by atoms with E-state index in [4.69, 9.17) is 16.3 Å². The highest BCUT2D eigenvalue weighted by molar-refractivity contribution is 6.31. The van der Waals surface area contributed by atoms with E-state index in [-0.39, 0.29) is 46.9 Å². The number of ether oxygens (including phenoxy) is 1. The van der Waals surface area contributed by atoms with Crippen molar-refractivity contribution < 1.29 is 18.7 Å². The molecule has 3 heterocycles. The van der Waals surface area contributed by atoms with E-state index in [1.165, 1.54) is 12.1 Å². The number of hydrogen-bond acceptors (Lipinski definition) is 5. The van der Waals surface area contributed by atoms with Crippen LogP contribution in [0.15, 0.2) is 83.7 Å². The van der Waals surface area contributed by atoms with Gasteiger partial charge in [0.2, 0.25) is 5.91 Å². The van der Waals surface area contributed by atoms with Gasteiger partial charge in [0.1, 0.15) is 11.6 Å². The van der Waals surface area contributed by atoms with Gasteiger partial charge in [0.15, 0.2) is 0 Å². The fourth-order valence-corrected chi connectivity index (χ4v) is 6.56. The van der Waals surface area contributed by atoms with Crippen LogP contribution in [0.1, 0.15) is 39.5 Å². The lowest BCUT2D eigenvalue weighted by Gasteiger charge is -2.44. The van der Waals surface area contributed by atoms with Gasteiger partial charge in [-0.05, 0) is 54.8 Å². The topological polar surface area (TPSA) is 92.7 Å². The zero-order chi connectivity index (χ0) is 30.8. The van der Waals surface area contributed by atoms with Crippen LogP contribution in [0.5, 0.6) is 5.75 Å². The summed E-state index contributed by atoms with van der Waals surface area (Å²) in [4.78, 5) is 41.3. The lowest BCUT2D eigenvalue weighted by molar-refractivity contribution is -0.115. The molecular weight excluding hydrogens is 583 g/mol. The number of pyridine rings is 1. The van der Waals surface area contributed by atoms with E-state index in [1.54, 1.807) is 37.4 Å². The standard InChI is InChI=1S/C34H32ClFN4O4/c1-44-31-10-3-2-6-23(31)17-37-34(43)22-12-13-30(28(15-22)38-32(41)16-25-26(35)7-4-8-27(25)36)39-18-21-14-24(20-39)29-9-5-11-33(42)40(29)19-21/h2-13,15,21,24H,14,16-20H2,1H3,(H,37,43)(H,38,41). The molecule has 1 fully saturated rings. The first-order chi connectivity index (χ1) is 21.3. The van der Waals surface area contributed by atoms with Crippen molar-refractivity contribution in [2.75, 3.05) is 30.4 Å². The van der Waals surface area contributed by atoms with E-state index in [1.807, 2.05) is 41.0 Å². The van der Waals surface area contributed by atoms with E-state index < -0.39 is 11.7 Å². The van der Waals surface area contributed by atoms with Crippen molar-refractivity contribution >= 4 is 34.8 Å². The van der Waals surface area contributed by atoms with Crippen molar-refractivity contribution in [3.8, 4) is 5.75 Å². The van der Waals surface area contributed by atoms with Crippen LogP contribution in [0.25, 0.3) is 0 Å². The maximum absolute atomic E-state index is 14.5. The lowest BCUT2D eigenvalue weighted by Crippen LogP contribution is -2.47. The monoisotopic (exact) mass is 614 g/mol. The normalized spacial score (nSPS) is 17.0. The Bertz CT molecular complexity index is 1770. The van der Waals surface area contributed by atoms with E-state index in [0.717, 1.165) is 23.4 Å². The van der Waals surface area contributed by atoms with E-state index >= 15 is 0 Å². The number of hydrogen-bond donors (Lipinski definition) is 2. The Labute approximate surface area is 259 Å². The van der Waals surface area contributed by atoms with Crippen LogP contribution in [0.4, 0.5) is 15.8 Å². The summed E-state index contributed by atoms with van der Waals surface area (Å²) < 4.78 is 21.8. The Kier molecular flexibility index (Phi) is 8.39. The molecule has 6 rings (SSSR count). The van der Waals surface area contributed by atoms with Gasteiger partial charge in [-0.2, -0.15) is 0 Å². The maximum atomic E-state index is 14.5. The van der Waals surface area contributed by atoms with Gasteiger partial charge in [0.25, 0.3) is 11.5 Å². The average Bonchev–Trinajstić information content (AvgIpc) is 3.02. The number of anilines is 2. The summed E-state index contributed by atoms with van der Waals surface area (Å²) >= 11 is 6.20. The van der Waals surface area contributed by atoms with Gasteiger partial charge in [0, 0.05) is 65.6 Å². The zero-order valence-electron chi connectivity index (χ0n) is 24.2. The molecule has 1 aromatic heterocycles. The fraction of sp³-hybridized carbons (Fsp3) is 0.265. The number of rotatable bonds is 8. The molecule has 3 aromatic carbocycles. The molecule has 2 unspecified atom stereocenters. The third-order valence-corrected chi connectivity index (χ3v) is 8.74. The molecule has 10 heteroatoms. The van der Waals surface area contributed by atoms with Crippen molar-refractivity contribution in [1.82, 2.24) is 9.88 Å². The Balaban J connectivity index is 1.28. The van der Waals surface area contributed by atoms with E-state index in [9.17, 15) is 18.8 Å². The predicted octanol–water partition coefficient (Wildman–Crippen LogP) is 5.38. The SMILES string of the molecule is COc1ccccc1CNC(=O)c1ccc(N2CC3CC(C2)c2cccc(=O)n2C3)c(NC(=O)Cc2c(F)cccc2Cl)c1. The summed E-state index contributed by atoms with van der Waals surface area (Å²) in [5, 5.41) is 6.03. The molecule has 0 aliphatic carbocycles. The first kappa shape index (κ1) is 29.4. The van der Waals surface area contributed by atoms with Crippen molar-refractivity contribution in [3.05, 3.63) is 122 Å². The number of carbonyl (C=O) groups is 2. The number of carbonyl (C=O) groups excluding carboxylic acids is 2. The number of nitrogens with one attached hydrogen (secondary N) is 2. The van der Waals surface area contributed by atoms with Crippen molar-refractivity contribution in [2.45, 2.75) is 31.8 Å². The van der Waals surface area contributed by atoms with Gasteiger partial charge in [-0.3, -0.25) is 14.4 Å². The predicted molar refractivity (Wildman–Crippen MR) is 168 cm³/mol. The number of methoxy groups -OCH3 is 1. The minimum atomic E-state index is -0.560. The highest BCUT2D eigenvalue weighted by atomic mass is 35.5. The number of piperidine rings is 1. The Morgan fingerprint density at radius 2 is 1.82 bits per heavy atom. The summed E-state index contributed by atoms with van der Waals surface area (Å²) in [6.07, 6.45) is 0.702. The second kappa shape index (κ2) is 12.5. The molecule has 4 aromatic rings. The van der Waals surface area contributed by atoms with Gasteiger partial charge < -0.3 is 24.8 Å². The highest BCUT2D eigenvalue weighted by Gasteiger charge is 2.35. The lowest BCUT2D eigenvalue weighted by atomic mass is 9.83. The maximum Gasteiger partial charge on any atom is 0.251 e. The highest BCUT2D eigenvalue weighted by Crippen LogP contribution is 2.39. The number of halogens is 2. The Hall–Kier alpha value is -4.63. The molecule has 44 heavy (non-hydrogen) atoms. The molecule has 0 saturated carbocycles. The number of amides is 2. The summed E-state index contributed by atoms with van der Waals surface area (Å²) in [7, 11) is 1.58.